The Kier molecular flexibility index (Phi) is 6.33. The molecule has 0 unspecified atom stereocenters. The minimum absolute atomic E-state index is 0.0299. The van der Waals surface area contributed by atoms with E-state index < -0.39 is 26.8 Å². The zero-order valence-electron chi connectivity index (χ0n) is 12.7. The first-order valence-electron chi connectivity index (χ1n) is 7.12. The van der Waals surface area contributed by atoms with Crippen LogP contribution in [0.25, 0.3) is 0 Å². The molecule has 1 aromatic rings. The van der Waals surface area contributed by atoms with Crippen molar-refractivity contribution in [3.05, 3.63) is 30.1 Å². The first kappa shape index (κ1) is 17.6. The van der Waals surface area contributed by atoms with E-state index >= 15 is 0 Å². The summed E-state index contributed by atoms with van der Waals surface area (Å²) in [6.07, 6.45) is 1.55. The molecule has 0 spiro atoms. The zero-order valence-corrected chi connectivity index (χ0v) is 13.5. The molecule has 0 aliphatic rings. The second-order valence-corrected chi connectivity index (χ2v) is 7.23. The first-order valence-corrected chi connectivity index (χ1v) is 8.67. The monoisotopic (exact) mass is 315 g/mol. The molecule has 1 rings (SSSR count). The number of carbonyl (C=O) groups excluding carboxylic acids is 1. The standard InChI is InChI=1S/C15H22FNO3S/c1-4-10-17(11-5-2)15(18)12(3)21(19,20)14-8-6-13(16)7-9-14/h6-9,12H,4-5,10-11H2,1-3H3/t12-/m1/s1. The largest absolute Gasteiger partial charge is 0.342 e. The van der Waals surface area contributed by atoms with Crippen LogP contribution in [0.2, 0.25) is 0 Å². The quantitative estimate of drug-likeness (QED) is 0.727. The molecular weight excluding hydrogens is 293 g/mol. The van der Waals surface area contributed by atoms with E-state index in [2.05, 4.69) is 0 Å². The van der Waals surface area contributed by atoms with Gasteiger partial charge in [0.15, 0.2) is 9.84 Å². The van der Waals surface area contributed by atoms with E-state index in [0.717, 1.165) is 25.0 Å². The predicted octanol–water partition coefficient (Wildman–Crippen LogP) is 2.64. The number of amides is 1. The summed E-state index contributed by atoms with van der Waals surface area (Å²) >= 11 is 0. The maximum absolute atomic E-state index is 12.9. The van der Waals surface area contributed by atoms with Gasteiger partial charge >= 0.3 is 0 Å². The van der Waals surface area contributed by atoms with Crippen molar-refractivity contribution in [2.75, 3.05) is 13.1 Å². The molecule has 0 bridgehead atoms. The molecule has 0 N–H and O–H groups in total. The number of sulfone groups is 1. The molecule has 1 aromatic carbocycles. The van der Waals surface area contributed by atoms with Crippen molar-refractivity contribution in [3.63, 3.8) is 0 Å². The Labute approximate surface area is 125 Å². The van der Waals surface area contributed by atoms with Gasteiger partial charge in [0, 0.05) is 13.1 Å². The number of halogens is 1. The van der Waals surface area contributed by atoms with Crippen molar-refractivity contribution in [1.82, 2.24) is 4.90 Å². The molecule has 1 amide bonds. The Balaban J connectivity index is 3.01. The van der Waals surface area contributed by atoms with E-state index in [1.807, 2.05) is 13.8 Å². The van der Waals surface area contributed by atoms with Gasteiger partial charge in [-0.25, -0.2) is 12.8 Å². The maximum atomic E-state index is 12.9. The van der Waals surface area contributed by atoms with Gasteiger partial charge in [0.05, 0.1) is 4.90 Å². The normalized spacial score (nSPS) is 13.0. The fraction of sp³-hybridized carbons (Fsp3) is 0.533. The van der Waals surface area contributed by atoms with Crippen LogP contribution in [-0.4, -0.2) is 37.6 Å². The Hall–Kier alpha value is -1.43. The number of rotatable bonds is 7. The van der Waals surface area contributed by atoms with Gasteiger partial charge in [-0.2, -0.15) is 0 Å². The van der Waals surface area contributed by atoms with E-state index in [1.165, 1.54) is 19.1 Å². The molecule has 0 aliphatic carbocycles. The van der Waals surface area contributed by atoms with Crippen molar-refractivity contribution in [1.29, 1.82) is 0 Å². The highest BCUT2D eigenvalue weighted by Crippen LogP contribution is 2.18. The molecule has 118 valence electrons. The molecule has 1 atom stereocenters. The lowest BCUT2D eigenvalue weighted by Crippen LogP contribution is -2.42. The molecule has 0 fully saturated rings. The fourth-order valence-corrected chi connectivity index (χ4v) is 3.43. The molecule has 4 nitrogen and oxygen atoms in total. The Morgan fingerprint density at radius 3 is 2.05 bits per heavy atom. The van der Waals surface area contributed by atoms with Crippen LogP contribution < -0.4 is 0 Å². The van der Waals surface area contributed by atoms with E-state index in [-0.39, 0.29) is 4.90 Å². The van der Waals surface area contributed by atoms with Gasteiger partial charge in [0.25, 0.3) is 0 Å². The average Bonchev–Trinajstić information content (AvgIpc) is 2.46. The average molecular weight is 315 g/mol. The van der Waals surface area contributed by atoms with E-state index in [9.17, 15) is 17.6 Å². The van der Waals surface area contributed by atoms with Gasteiger partial charge in [0.2, 0.25) is 5.91 Å². The van der Waals surface area contributed by atoms with Crippen LogP contribution in [0.5, 0.6) is 0 Å². The van der Waals surface area contributed by atoms with Crippen LogP contribution in [-0.2, 0) is 14.6 Å². The topological polar surface area (TPSA) is 54.5 Å². The summed E-state index contributed by atoms with van der Waals surface area (Å²) in [5.41, 5.74) is 0. The summed E-state index contributed by atoms with van der Waals surface area (Å²) < 4.78 is 37.7. The van der Waals surface area contributed by atoms with Crippen LogP contribution in [0.15, 0.2) is 29.2 Å². The summed E-state index contributed by atoms with van der Waals surface area (Å²) in [6, 6.07) is 4.55. The highest BCUT2D eigenvalue weighted by Gasteiger charge is 2.32. The van der Waals surface area contributed by atoms with Crippen LogP contribution in [0, 0.1) is 5.82 Å². The third-order valence-electron chi connectivity index (χ3n) is 3.25. The lowest BCUT2D eigenvalue weighted by molar-refractivity contribution is -0.130. The second kappa shape index (κ2) is 7.54. The third-order valence-corrected chi connectivity index (χ3v) is 5.32. The predicted molar refractivity (Wildman–Crippen MR) is 80.2 cm³/mol. The zero-order chi connectivity index (χ0) is 16.0. The van der Waals surface area contributed by atoms with Gasteiger partial charge in [-0.1, -0.05) is 13.8 Å². The Morgan fingerprint density at radius 1 is 1.14 bits per heavy atom. The summed E-state index contributed by atoms with van der Waals surface area (Å²) in [5.74, 6) is -0.908. The molecule has 6 heteroatoms. The van der Waals surface area contributed by atoms with Crippen LogP contribution >= 0.6 is 0 Å². The molecule has 0 aromatic heterocycles. The second-order valence-electron chi connectivity index (χ2n) is 4.97. The minimum Gasteiger partial charge on any atom is -0.342 e. The summed E-state index contributed by atoms with van der Waals surface area (Å²) in [4.78, 5) is 13.9. The lowest BCUT2D eigenvalue weighted by Gasteiger charge is -2.25. The van der Waals surface area contributed by atoms with Gasteiger partial charge in [-0.15, -0.1) is 0 Å². The molecular formula is C15H22FNO3S. The molecule has 21 heavy (non-hydrogen) atoms. The van der Waals surface area contributed by atoms with Crippen molar-refractivity contribution >= 4 is 15.7 Å². The SMILES string of the molecule is CCCN(CCC)C(=O)[C@@H](C)S(=O)(=O)c1ccc(F)cc1. The van der Waals surface area contributed by atoms with Crippen LogP contribution in [0.4, 0.5) is 4.39 Å². The molecule has 0 saturated carbocycles. The lowest BCUT2D eigenvalue weighted by atomic mass is 10.3. The van der Waals surface area contributed by atoms with Gasteiger partial charge < -0.3 is 4.90 Å². The highest BCUT2D eigenvalue weighted by molar-refractivity contribution is 7.92. The molecule has 0 saturated heterocycles. The van der Waals surface area contributed by atoms with Gasteiger partial charge in [-0.05, 0) is 44.0 Å². The minimum atomic E-state index is -3.79. The van der Waals surface area contributed by atoms with Crippen molar-refractivity contribution in [2.45, 2.75) is 43.8 Å². The van der Waals surface area contributed by atoms with Crippen LogP contribution in [0.3, 0.4) is 0 Å². The Morgan fingerprint density at radius 2 is 1.62 bits per heavy atom. The molecule has 0 heterocycles. The number of benzene rings is 1. The summed E-state index contributed by atoms with van der Waals surface area (Å²) in [5, 5.41) is -1.17. The third kappa shape index (κ3) is 4.27. The van der Waals surface area contributed by atoms with Gasteiger partial charge in [0.1, 0.15) is 11.1 Å². The van der Waals surface area contributed by atoms with E-state index in [1.54, 1.807) is 4.90 Å². The van der Waals surface area contributed by atoms with Crippen LogP contribution in [0.1, 0.15) is 33.6 Å². The Bertz CT molecular complexity index is 563. The van der Waals surface area contributed by atoms with Gasteiger partial charge in [-0.3, -0.25) is 4.79 Å². The molecule has 0 radical (unpaired) electrons. The van der Waals surface area contributed by atoms with Crippen molar-refractivity contribution in [2.24, 2.45) is 0 Å². The number of hydrogen-bond acceptors (Lipinski definition) is 3. The number of hydrogen-bond donors (Lipinski definition) is 0. The number of nitrogens with zero attached hydrogens (tertiary/aromatic N) is 1. The van der Waals surface area contributed by atoms with E-state index in [4.69, 9.17) is 0 Å². The van der Waals surface area contributed by atoms with E-state index in [0.29, 0.717) is 13.1 Å². The summed E-state index contributed by atoms with van der Waals surface area (Å²) in [7, 11) is -3.79. The fourth-order valence-electron chi connectivity index (χ4n) is 2.09. The first-order chi connectivity index (χ1) is 9.84. The van der Waals surface area contributed by atoms with Crippen molar-refractivity contribution < 1.29 is 17.6 Å². The summed E-state index contributed by atoms with van der Waals surface area (Å²) in [6.45, 7) is 6.34. The smallest absolute Gasteiger partial charge is 0.241 e. The molecule has 0 aliphatic heterocycles. The maximum Gasteiger partial charge on any atom is 0.241 e. The van der Waals surface area contributed by atoms with Crippen molar-refractivity contribution in [3.8, 4) is 0 Å². The number of carbonyl (C=O) groups is 1. The highest BCUT2D eigenvalue weighted by atomic mass is 32.2.